The molecular formula is C14H19N3O. The van der Waals surface area contributed by atoms with Crippen LogP contribution in [0.1, 0.15) is 25.6 Å². The number of aromatic nitrogens is 2. The lowest BCUT2D eigenvalue weighted by Gasteiger charge is -2.35. The van der Waals surface area contributed by atoms with Crippen molar-refractivity contribution < 1.29 is 4.74 Å². The van der Waals surface area contributed by atoms with Crippen LogP contribution < -0.4 is 0 Å². The molecule has 0 bridgehead atoms. The highest BCUT2D eigenvalue weighted by molar-refractivity contribution is 5.76. The molecule has 2 aromatic rings. The summed E-state index contributed by atoms with van der Waals surface area (Å²) in [5.41, 5.74) is 2.08. The molecule has 1 aliphatic heterocycles. The molecule has 1 atom stereocenters. The Morgan fingerprint density at radius 1 is 1.50 bits per heavy atom. The molecule has 3 rings (SSSR count). The average molecular weight is 245 g/mol. The van der Waals surface area contributed by atoms with Crippen molar-refractivity contribution in [1.82, 2.24) is 14.9 Å². The zero-order valence-corrected chi connectivity index (χ0v) is 10.9. The Morgan fingerprint density at radius 3 is 3.17 bits per heavy atom. The largest absolute Gasteiger partial charge is 0.369 e. The minimum atomic E-state index is 0.135. The van der Waals surface area contributed by atoms with Crippen LogP contribution in [0.3, 0.4) is 0 Å². The number of rotatable bonds is 2. The molecule has 0 aromatic carbocycles. The predicted molar refractivity (Wildman–Crippen MR) is 71.5 cm³/mol. The highest BCUT2D eigenvalue weighted by atomic mass is 16.5. The zero-order valence-electron chi connectivity index (χ0n) is 10.9. The van der Waals surface area contributed by atoms with Crippen LogP contribution in [0, 0.1) is 0 Å². The van der Waals surface area contributed by atoms with Gasteiger partial charge in [-0.25, -0.2) is 4.98 Å². The molecule has 0 aliphatic carbocycles. The standard InChI is InChI=1S/C14H19N3O/c1-10(2)17-6-7-18-13(9-17)12-8-11-4-3-5-15-14(11)16-12/h3-5,8,10,13H,6-7,9H2,1-2H3,(H,15,16)/t13-/m1/s1. The summed E-state index contributed by atoms with van der Waals surface area (Å²) in [6, 6.07) is 6.75. The molecule has 4 heteroatoms. The summed E-state index contributed by atoms with van der Waals surface area (Å²) in [6.45, 7) is 7.23. The number of hydrogen-bond acceptors (Lipinski definition) is 3. The number of aromatic amines is 1. The molecule has 96 valence electrons. The van der Waals surface area contributed by atoms with Crippen LogP contribution in [0.25, 0.3) is 11.0 Å². The van der Waals surface area contributed by atoms with Gasteiger partial charge in [-0.05, 0) is 32.0 Å². The van der Waals surface area contributed by atoms with E-state index in [0.29, 0.717) is 6.04 Å². The van der Waals surface area contributed by atoms with Crippen molar-refractivity contribution in [3.63, 3.8) is 0 Å². The lowest BCUT2D eigenvalue weighted by atomic mass is 10.1. The van der Waals surface area contributed by atoms with Crippen LogP contribution in [0.2, 0.25) is 0 Å². The van der Waals surface area contributed by atoms with E-state index >= 15 is 0 Å². The van der Waals surface area contributed by atoms with Crippen LogP contribution in [0.5, 0.6) is 0 Å². The Hall–Kier alpha value is -1.39. The minimum Gasteiger partial charge on any atom is -0.369 e. The number of pyridine rings is 1. The highest BCUT2D eigenvalue weighted by Gasteiger charge is 2.24. The number of H-pyrrole nitrogens is 1. The van der Waals surface area contributed by atoms with Gasteiger partial charge in [0.2, 0.25) is 0 Å². The number of hydrogen-bond donors (Lipinski definition) is 1. The molecule has 4 nitrogen and oxygen atoms in total. The van der Waals surface area contributed by atoms with Crippen molar-refractivity contribution in [3.8, 4) is 0 Å². The summed E-state index contributed by atoms with van der Waals surface area (Å²) >= 11 is 0. The molecule has 1 saturated heterocycles. The molecule has 0 unspecified atom stereocenters. The topological polar surface area (TPSA) is 41.1 Å². The molecule has 0 amide bonds. The van der Waals surface area contributed by atoms with Gasteiger partial charge in [0.1, 0.15) is 11.8 Å². The van der Waals surface area contributed by atoms with Gasteiger partial charge >= 0.3 is 0 Å². The number of fused-ring (bicyclic) bond motifs is 1. The fraction of sp³-hybridized carbons (Fsp3) is 0.500. The van der Waals surface area contributed by atoms with Crippen molar-refractivity contribution in [2.24, 2.45) is 0 Å². The Bertz CT molecular complexity index is 502. The molecule has 3 heterocycles. The Morgan fingerprint density at radius 2 is 2.39 bits per heavy atom. The van der Waals surface area contributed by atoms with Gasteiger partial charge in [0.05, 0.1) is 6.61 Å². The molecule has 2 aromatic heterocycles. The highest BCUT2D eigenvalue weighted by Crippen LogP contribution is 2.25. The van der Waals surface area contributed by atoms with E-state index in [2.05, 4.69) is 40.8 Å². The van der Waals surface area contributed by atoms with Gasteiger partial charge in [-0.3, -0.25) is 4.90 Å². The summed E-state index contributed by atoms with van der Waals surface area (Å²) in [6.07, 6.45) is 1.94. The first-order valence-electron chi connectivity index (χ1n) is 6.53. The second-order valence-electron chi connectivity index (χ2n) is 5.11. The molecule has 0 spiro atoms. The zero-order chi connectivity index (χ0) is 12.5. The SMILES string of the molecule is CC(C)N1CCO[C@@H](c2cc3cccnc3[nH]2)C1. The molecular weight excluding hydrogens is 226 g/mol. The molecule has 1 N–H and O–H groups in total. The number of ether oxygens (including phenoxy) is 1. The third kappa shape index (κ3) is 2.13. The van der Waals surface area contributed by atoms with E-state index in [1.54, 1.807) is 0 Å². The van der Waals surface area contributed by atoms with Gasteiger partial charge in [0.15, 0.2) is 0 Å². The molecule has 18 heavy (non-hydrogen) atoms. The number of morpholine rings is 1. The van der Waals surface area contributed by atoms with Crippen LogP contribution in [0.4, 0.5) is 0 Å². The lowest BCUT2D eigenvalue weighted by Crippen LogP contribution is -2.42. The van der Waals surface area contributed by atoms with E-state index < -0.39 is 0 Å². The number of nitrogens with zero attached hydrogens (tertiary/aromatic N) is 2. The molecule has 1 fully saturated rings. The van der Waals surface area contributed by atoms with Gasteiger partial charge in [0, 0.05) is 36.4 Å². The van der Waals surface area contributed by atoms with E-state index in [-0.39, 0.29) is 6.10 Å². The maximum atomic E-state index is 5.87. The fourth-order valence-electron chi connectivity index (χ4n) is 2.48. The smallest absolute Gasteiger partial charge is 0.137 e. The van der Waals surface area contributed by atoms with E-state index in [0.717, 1.165) is 36.4 Å². The second kappa shape index (κ2) is 4.71. The van der Waals surface area contributed by atoms with Crippen LogP contribution >= 0.6 is 0 Å². The summed E-state index contributed by atoms with van der Waals surface area (Å²) in [4.78, 5) is 10.1. The normalized spacial score (nSPS) is 21.8. The first-order valence-corrected chi connectivity index (χ1v) is 6.53. The predicted octanol–water partition coefficient (Wildman–Crippen LogP) is 2.34. The lowest BCUT2D eigenvalue weighted by molar-refractivity contribution is -0.0418. The van der Waals surface area contributed by atoms with E-state index in [1.165, 1.54) is 0 Å². The quantitative estimate of drug-likeness (QED) is 0.883. The van der Waals surface area contributed by atoms with Gasteiger partial charge < -0.3 is 9.72 Å². The number of nitrogens with one attached hydrogen (secondary N) is 1. The van der Waals surface area contributed by atoms with E-state index in [4.69, 9.17) is 4.74 Å². The summed E-state index contributed by atoms with van der Waals surface area (Å²) < 4.78 is 5.87. The van der Waals surface area contributed by atoms with Crippen LogP contribution in [0.15, 0.2) is 24.4 Å². The van der Waals surface area contributed by atoms with Crippen molar-refractivity contribution in [2.45, 2.75) is 26.0 Å². The summed E-state index contributed by atoms with van der Waals surface area (Å²) in [5.74, 6) is 0. The van der Waals surface area contributed by atoms with Gasteiger partial charge in [0.25, 0.3) is 0 Å². The molecule has 0 radical (unpaired) electrons. The molecule has 1 aliphatic rings. The van der Waals surface area contributed by atoms with Gasteiger partial charge in [-0.15, -0.1) is 0 Å². The van der Waals surface area contributed by atoms with Gasteiger partial charge in [-0.1, -0.05) is 0 Å². The van der Waals surface area contributed by atoms with E-state index in [1.807, 2.05) is 12.3 Å². The first-order chi connectivity index (χ1) is 8.74. The van der Waals surface area contributed by atoms with Crippen molar-refractivity contribution >= 4 is 11.0 Å². The monoisotopic (exact) mass is 245 g/mol. The van der Waals surface area contributed by atoms with Gasteiger partial charge in [-0.2, -0.15) is 0 Å². The van der Waals surface area contributed by atoms with Crippen molar-refractivity contribution in [1.29, 1.82) is 0 Å². The maximum absolute atomic E-state index is 5.87. The van der Waals surface area contributed by atoms with Crippen LogP contribution in [-0.2, 0) is 4.74 Å². The Kier molecular flexibility index (Phi) is 3.06. The fourth-order valence-corrected chi connectivity index (χ4v) is 2.48. The first kappa shape index (κ1) is 11.7. The Labute approximate surface area is 107 Å². The Balaban J connectivity index is 1.85. The van der Waals surface area contributed by atoms with Crippen molar-refractivity contribution in [3.05, 3.63) is 30.1 Å². The molecule has 0 saturated carbocycles. The minimum absolute atomic E-state index is 0.135. The summed E-state index contributed by atoms with van der Waals surface area (Å²) in [7, 11) is 0. The van der Waals surface area contributed by atoms with E-state index in [9.17, 15) is 0 Å². The maximum Gasteiger partial charge on any atom is 0.137 e. The van der Waals surface area contributed by atoms with Crippen LogP contribution in [-0.4, -0.2) is 40.6 Å². The van der Waals surface area contributed by atoms with Crippen molar-refractivity contribution in [2.75, 3.05) is 19.7 Å². The average Bonchev–Trinajstić information content (AvgIpc) is 2.82. The summed E-state index contributed by atoms with van der Waals surface area (Å²) in [5, 5.41) is 1.15. The third-order valence-electron chi connectivity index (χ3n) is 3.59. The second-order valence-corrected chi connectivity index (χ2v) is 5.11. The third-order valence-corrected chi connectivity index (χ3v) is 3.59.